The molecule has 0 aliphatic heterocycles. The van der Waals surface area contributed by atoms with Crippen molar-refractivity contribution in [3.63, 3.8) is 0 Å². The van der Waals surface area contributed by atoms with Crippen molar-refractivity contribution in [2.45, 2.75) is 25.9 Å². The molecule has 0 fully saturated rings. The maximum Gasteiger partial charge on any atom is 0.409 e. The van der Waals surface area contributed by atoms with Gasteiger partial charge in [-0.2, -0.15) is 13.2 Å². The van der Waals surface area contributed by atoms with Gasteiger partial charge in [-0.15, -0.1) is 0 Å². The molecule has 150 valence electrons. The third-order valence-corrected chi connectivity index (χ3v) is 4.38. The Morgan fingerprint density at radius 1 is 0.862 bits per heavy atom. The Morgan fingerprint density at radius 3 is 2.03 bits per heavy atom. The molecule has 0 spiro atoms. The Morgan fingerprint density at radius 2 is 1.48 bits per heavy atom. The first kappa shape index (κ1) is 20.6. The summed E-state index contributed by atoms with van der Waals surface area (Å²) in [7, 11) is 0. The van der Waals surface area contributed by atoms with Gasteiger partial charge in [0.1, 0.15) is 12.4 Å². The third kappa shape index (κ3) is 6.21. The van der Waals surface area contributed by atoms with Gasteiger partial charge in [-0.05, 0) is 47.4 Å². The van der Waals surface area contributed by atoms with Gasteiger partial charge >= 0.3 is 6.18 Å². The lowest BCUT2D eigenvalue weighted by atomic mass is 10.0. The molecule has 0 N–H and O–H groups in total. The number of rotatable bonds is 7. The van der Waals surface area contributed by atoms with E-state index in [4.69, 9.17) is 4.74 Å². The molecule has 0 aliphatic rings. The lowest BCUT2D eigenvalue weighted by molar-refractivity contribution is -0.0801. The Balaban J connectivity index is 1.63. The smallest absolute Gasteiger partial charge is 0.409 e. The SMILES string of the molecule is CCCc1ccc(-c2ccc(-c3ccc(OC/C=C/C(F)(F)F)cc3)cc2)nc1. The van der Waals surface area contributed by atoms with Gasteiger partial charge in [0, 0.05) is 17.8 Å². The van der Waals surface area contributed by atoms with Crippen LogP contribution in [0.25, 0.3) is 22.4 Å². The molecule has 0 radical (unpaired) electrons. The summed E-state index contributed by atoms with van der Waals surface area (Å²) in [5, 5.41) is 0. The van der Waals surface area contributed by atoms with Gasteiger partial charge in [0.2, 0.25) is 0 Å². The standard InChI is InChI=1S/C24H22F3NO/c1-2-4-18-5-14-23(28-17-18)21-8-6-19(7-9-21)20-10-12-22(13-11-20)29-16-3-15-24(25,26)27/h3,5-15,17H,2,4,16H2,1H3/b15-3+. The number of hydrogen-bond donors (Lipinski definition) is 0. The van der Waals surface area contributed by atoms with Crippen molar-refractivity contribution in [2.75, 3.05) is 6.61 Å². The average molecular weight is 397 g/mol. The molecule has 29 heavy (non-hydrogen) atoms. The maximum atomic E-state index is 12.1. The van der Waals surface area contributed by atoms with Crippen LogP contribution in [0, 0.1) is 0 Å². The number of halogens is 3. The van der Waals surface area contributed by atoms with E-state index in [9.17, 15) is 13.2 Å². The topological polar surface area (TPSA) is 22.1 Å². The van der Waals surface area contributed by atoms with Crippen molar-refractivity contribution < 1.29 is 17.9 Å². The van der Waals surface area contributed by atoms with E-state index in [1.54, 1.807) is 12.1 Å². The van der Waals surface area contributed by atoms with E-state index in [0.29, 0.717) is 5.75 Å². The largest absolute Gasteiger partial charge is 0.490 e. The minimum absolute atomic E-state index is 0.127. The fourth-order valence-electron chi connectivity index (χ4n) is 2.93. The van der Waals surface area contributed by atoms with E-state index >= 15 is 0 Å². The maximum absolute atomic E-state index is 12.1. The van der Waals surface area contributed by atoms with Crippen molar-refractivity contribution in [2.24, 2.45) is 0 Å². The number of ether oxygens (including phenoxy) is 1. The summed E-state index contributed by atoms with van der Waals surface area (Å²) >= 11 is 0. The second kappa shape index (κ2) is 9.41. The van der Waals surface area contributed by atoms with E-state index in [1.165, 1.54) is 5.56 Å². The molecular weight excluding hydrogens is 375 g/mol. The number of hydrogen-bond acceptors (Lipinski definition) is 2. The lowest BCUT2D eigenvalue weighted by Gasteiger charge is -2.07. The highest BCUT2D eigenvalue weighted by Crippen LogP contribution is 2.26. The zero-order chi connectivity index (χ0) is 20.7. The molecule has 0 unspecified atom stereocenters. The number of aryl methyl sites for hydroxylation is 1. The molecular formula is C24H22F3NO. The molecule has 2 aromatic carbocycles. The number of alkyl halides is 3. The molecule has 0 saturated heterocycles. The predicted octanol–water partition coefficient (Wildman–Crippen LogP) is 6.87. The normalized spacial score (nSPS) is 11.7. The molecule has 0 aliphatic carbocycles. The van der Waals surface area contributed by atoms with Crippen LogP contribution in [0.1, 0.15) is 18.9 Å². The van der Waals surface area contributed by atoms with E-state index in [0.717, 1.165) is 41.3 Å². The van der Waals surface area contributed by atoms with E-state index in [2.05, 4.69) is 18.0 Å². The van der Waals surface area contributed by atoms with Gasteiger partial charge in [0.15, 0.2) is 0 Å². The molecule has 3 rings (SSSR count). The van der Waals surface area contributed by atoms with Gasteiger partial charge in [0.25, 0.3) is 0 Å². The van der Waals surface area contributed by atoms with Crippen molar-refractivity contribution in [3.8, 4) is 28.1 Å². The van der Waals surface area contributed by atoms with Crippen molar-refractivity contribution in [1.29, 1.82) is 0 Å². The minimum atomic E-state index is -4.31. The van der Waals surface area contributed by atoms with Crippen LogP contribution in [0.4, 0.5) is 13.2 Å². The average Bonchev–Trinajstić information content (AvgIpc) is 2.72. The fourth-order valence-corrected chi connectivity index (χ4v) is 2.93. The van der Waals surface area contributed by atoms with Crippen molar-refractivity contribution >= 4 is 0 Å². The highest BCUT2D eigenvalue weighted by molar-refractivity contribution is 5.69. The van der Waals surface area contributed by atoms with Crippen LogP contribution in [0.5, 0.6) is 5.75 Å². The van der Waals surface area contributed by atoms with E-state index < -0.39 is 6.18 Å². The fraction of sp³-hybridized carbons (Fsp3) is 0.208. The molecule has 3 aromatic rings. The minimum Gasteiger partial charge on any atom is -0.490 e. The predicted molar refractivity (Wildman–Crippen MR) is 110 cm³/mol. The van der Waals surface area contributed by atoms with Crippen molar-refractivity contribution in [1.82, 2.24) is 4.98 Å². The Bertz CT molecular complexity index is 928. The molecule has 0 saturated carbocycles. The van der Waals surface area contributed by atoms with Crippen LogP contribution >= 0.6 is 0 Å². The van der Waals surface area contributed by atoms with Crippen LogP contribution < -0.4 is 4.74 Å². The van der Waals surface area contributed by atoms with Crippen molar-refractivity contribution in [3.05, 3.63) is 84.6 Å². The monoisotopic (exact) mass is 397 g/mol. The van der Waals surface area contributed by atoms with Crippen LogP contribution in [-0.4, -0.2) is 17.8 Å². The number of benzene rings is 2. The number of nitrogens with zero attached hydrogens (tertiary/aromatic N) is 1. The highest BCUT2D eigenvalue weighted by Gasteiger charge is 2.21. The van der Waals surface area contributed by atoms with Crippen LogP contribution in [0.15, 0.2) is 79.0 Å². The van der Waals surface area contributed by atoms with Crippen LogP contribution in [0.3, 0.4) is 0 Å². The first-order valence-electron chi connectivity index (χ1n) is 9.47. The molecule has 1 heterocycles. The Labute approximate surface area is 168 Å². The van der Waals surface area contributed by atoms with E-state index in [1.807, 2.05) is 48.7 Å². The number of aromatic nitrogens is 1. The molecule has 5 heteroatoms. The second-order valence-electron chi connectivity index (χ2n) is 6.66. The third-order valence-electron chi connectivity index (χ3n) is 4.38. The summed E-state index contributed by atoms with van der Waals surface area (Å²) in [4.78, 5) is 4.54. The summed E-state index contributed by atoms with van der Waals surface area (Å²) in [5.74, 6) is 0.522. The zero-order valence-corrected chi connectivity index (χ0v) is 16.1. The Hall–Kier alpha value is -3.08. The number of pyridine rings is 1. The molecule has 0 amide bonds. The Kier molecular flexibility index (Phi) is 6.70. The molecule has 2 nitrogen and oxygen atoms in total. The van der Waals surface area contributed by atoms with E-state index in [-0.39, 0.29) is 12.7 Å². The van der Waals surface area contributed by atoms with Gasteiger partial charge in [-0.3, -0.25) is 4.98 Å². The van der Waals surface area contributed by atoms with Crippen LogP contribution in [0.2, 0.25) is 0 Å². The summed E-state index contributed by atoms with van der Waals surface area (Å²) in [6.45, 7) is 2.02. The van der Waals surface area contributed by atoms with Gasteiger partial charge < -0.3 is 4.74 Å². The zero-order valence-electron chi connectivity index (χ0n) is 16.1. The molecule has 0 atom stereocenters. The molecule has 1 aromatic heterocycles. The highest BCUT2D eigenvalue weighted by atomic mass is 19.4. The van der Waals surface area contributed by atoms with Gasteiger partial charge in [-0.1, -0.05) is 55.8 Å². The summed E-state index contributed by atoms with van der Waals surface area (Å²) in [5.41, 5.74) is 5.27. The van der Waals surface area contributed by atoms with Gasteiger partial charge in [0.05, 0.1) is 5.69 Å². The first-order valence-corrected chi connectivity index (χ1v) is 9.47. The quantitative estimate of drug-likeness (QED) is 0.406. The number of allylic oxidation sites excluding steroid dienone is 1. The van der Waals surface area contributed by atoms with Gasteiger partial charge in [-0.25, -0.2) is 0 Å². The first-order chi connectivity index (χ1) is 13.9. The summed E-state index contributed by atoms with van der Waals surface area (Å²) < 4.78 is 41.5. The van der Waals surface area contributed by atoms with Crippen LogP contribution in [-0.2, 0) is 6.42 Å². The second-order valence-corrected chi connectivity index (χ2v) is 6.66. The summed E-state index contributed by atoms with van der Waals surface area (Å²) in [6.07, 6.45) is 0.876. The molecule has 0 bridgehead atoms. The summed E-state index contributed by atoms with van der Waals surface area (Å²) in [6, 6.07) is 19.5. The lowest BCUT2D eigenvalue weighted by Crippen LogP contribution is -2.02.